The Labute approximate surface area is 123 Å². The van der Waals surface area contributed by atoms with E-state index in [1.807, 2.05) is 17.0 Å². The summed E-state index contributed by atoms with van der Waals surface area (Å²) in [5.41, 5.74) is 6.03. The molecule has 0 heterocycles. The number of rotatable bonds is 9. The summed E-state index contributed by atoms with van der Waals surface area (Å²) >= 11 is 0. The monoisotopic (exact) mass is 292 g/mol. The number of nitrogens with zero attached hydrogens (tertiary/aromatic N) is 1. The molecule has 1 aromatic rings. The molecule has 1 fully saturated rings. The van der Waals surface area contributed by atoms with Crippen LogP contribution in [0, 0.1) is 5.92 Å². The number of aliphatic carboxylic acids is 1. The van der Waals surface area contributed by atoms with Gasteiger partial charge in [0, 0.05) is 13.1 Å². The number of carboxylic acid groups (broad SMARTS) is 1. The van der Waals surface area contributed by atoms with Gasteiger partial charge in [0.1, 0.15) is 5.75 Å². The highest BCUT2D eigenvalue weighted by molar-refractivity contribution is 5.75. The first-order chi connectivity index (χ1) is 10.0. The van der Waals surface area contributed by atoms with Crippen molar-refractivity contribution in [2.75, 3.05) is 19.7 Å². The van der Waals surface area contributed by atoms with E-state index in [4.69, 9.17) is 15.6 Å². The molecule has 6 heteroatoms. The second-order valence-corrected chi connectivity index (χ2v) is 5.41. The summed E-state index contributed by atoms with van der Waals surface area (Å²) in [5.74, 6) is -0.111. The van der Waals surface area contributed by atoms with Crippen LogP contribution in [0.25, 0.3) is 0 Å². The predicted octanol–water partition coefficient (Wildman–Crippen LogP) is 0.847. The molecule has 2 rings (SSSR count). The standard InChI is InChI=1S/C15H20N2O4/c16-14(18)10-21-13-5-3-12(4-6-13)8-17(9-15(19)20)7-11-1-2-11/h3-6,11H,1-2,7-10H2,(H2,16,18)(H,19,20). The number of hydrogen-bond acceptors (Lipinski definition) is 4. The Balaban J connectivity index is 1.89. The predicted molar refractivity (Wildman–Crippen MR) is 76.8 cm³/mol. The molecule has 1 aliphatic carbocycles. The minimum Gasteiger partial charge on any atom is -0.484 e. The molecule has 0 bridgehead atoms. The maximum Gasteiger partial charge on any atom is 0.317 e. The highest BCUT2D eigenvalue weighted by atomic mass is 16.5. The lowest BCUT2D eigenvalue weighted by Crippen LogP contribution is -2.31. The van der Waals surface area contributed by atoms with Crippen molar-refractivity contribution in [3.63, 3.8) is 0 Å². The Morgan fingerprint density at radius 3 is 2.48 bits per heavy atom. The summed E-state index contributed by atoms with van der Waals surface area (Å²) in [6, 6.07) is 7.26. The van der Waals surface area contributed by atoms with E-state index in [0.717, 1.165) is 12.1 Å². The van der Waals surface area contributed by atoms with Gasteiger partial charge in [0.2, 0.25) is 0 Å². The van der Waals surface area contributed by atoms with Gasteiger partial charge in [-0.05, 0) is 36.5 Å². The van der Waals surface area contributed by atoms with Crippen LogP contribution in [0.1, 0.15) is 18.4 Å². The molecule has 0 atom stereocenters. The van der Waals surface area contributed by atoms with Gasteiger partial charge in [0.15, 0.2) is 6.61 Å². The van der Waals surface area contributed by atoms with Crippen molar-refractivity contribution in [3.8, 4) is 5.75 Å². The summed E-state index contributed by atoms with van der Waals surface area (Å²) in [4.78, 5) is 23.5. The second-order valence-electron chi connectivity index (χ2n) is 5.41. The molecular formula is C15H20N2O4. The Bertz CT molecular complexity index is 497. The molecule has 3 N–H and O–H groups in total. The molecule has 0 spiro atoms. The Morgan fingerprint density at radius 1 is 1.29 bits per heavy atom. The normalized spacial score (nSPS) is 14.1. The summed E-state index contributed by atoms with van der Waals surface area (Å²) in [5, 5.41) is 8.96. The first-order valence-corrected chi connectivity index (χ1v) is 6.97. The third-order valence-corrected chi connectivity index (χ3v) is 3.28. The van der Waals surface area contributed by atoms with Crippen LogP contribution < -0.4 is 10.5 Å². The molecule has 0 radical (unpaired) electrons. The molecule has 1 saturated carbocycles. The zero-order valence-electron chi connectivity index (χ0n) is 11.8. The van der Waals surface area contributed by atoms with E-state index < -0.39 is 11.9 Å². The number of nitrogens with two attached hydrogens (primary N) is 1. The third-order valence-electron chi connectivity index (χ3n) is 3.28. The molecule has 114 valence electrons. The summed E-state index contributed by atoms with van der Waals surface area (Å²) in [6.07, 6.45) is 2.38. The van der Waals surface area contributed by atoms with E-state index in [1.54, 1.807) is 12.1 Å². The number of carbonyl (C=O) groups excluding carboxylic acids is 1. The van der Waals surface area contributed by atoms with Crippen molar-refractivity contribution in [1.29, 1.82) is 0 Å². The third kappa shape index (κ3) is 5.83. The lowest BCUT2D eigenvalue weighted by atomic mass is 10.2. The largest absolute Gasteiger partial charge is 0.484 e. The number of carboxylic acids is 1. The van der Waals surface area contributed by atoms with Crippen LogP contribution in [-0.2, 0) is 16.1 Å². The van der Waals surface area contributed by atoms with Crippen molar-refractivity contribution < 1.29 is 19.4 Å². The first-order valence-electron chi connectivity index (χ1n) is 6.97. The molecule has 6 nitrogen and oxygen atoms in total. The van der Waals surface area contributed by atoms with Crippen LogP contribution in [0.15, 0.2) is 24.3 Å². The van der Waals surface area contributed by atoms with Gasteiger partial charge in [-0.1, -0.05) is 12.1 Å². The van der Waals surface area contributed by atoms with Crippen LogP contribution in [0.2, 0.25) is 0 Å². The minimum absolute atomic E-state index is 0.0520. The van der Waals surface area contributed by atoms with Crippen LogP contribution in [0.3, 0.4) is 0 Å². The number of hydrogen-bond donors (Lipinski definition) is 2. The topological polar surface area (TPSA) is 92.9 Å². The van der Waals surface area contributed by atoms with Crippen molar-refractivity contribution in [3.05, 3.63) is 29.8 Å². The van der Waals surface area contributed by atoms with Crippen molar-refractivity contribution in [2.45, 2.75) is 19.4 Å². The fraction of sp³-hybridized carbons (Fsp3) is 0.467. The lowest BCUT2D eigenvalue weighted by molar-refractivity contribution is -0.138. The van der Waals surface area contributed by atoms with Crippen molar-refractivity contribution >= 4 is 11.9 Å². The zero-order chi connectivity index (χ0) is 15.2. The highest BCUT2D eigenvalue weighted by Gasteiger charge is 2.25. The summed E-state index contributed by atoms with van der Waals surface area (Å²) in [7, 11) is 0. The second kappa shape index (κ2) is 7.08. The molecule has 1 aliphatic rings. The van der Waals surface area contributed by atoms with E-state index in [1.165, 1.54) is 12.8 Å². The Hall–Kier alpha value is -2.08. The Morgan fingerprint density at radius 2 is 1.95 bits per heavy atom. The molecule has 1 aromatic carbocycles. The smallest absolute Gasteiger partial charge is 0.317 e. The van der Waals surface area contributed by atoms with Crippen molar-refractivity contribution in [2.24, 2.45) is 11.7 Å². The molecule has 0 aromatic heterocycles. The number of primary amides is 1. The molecule has 21 heavy (non-hydrogen) atoms. The fourth-order valence-corrected chi connectivity index (χ4v) is 2.15. The van der Waals surface area contributed by atoms with Crippen LogP contribution >= 0.6 is 0 Å². The van der Waals surface area contributed by atoms with Gasteiger partial charge in [0.25, 0.3) is 5.91 Å². The first kappa shape index (κ1) is 15.3. The van der Waals surface area contributed by atoms with Gasteiger partial charge >= 0.3 is 5.97 Å². The van der Waals surface area contributed by atoms with Crippen LogP contribution in [-0.4, -0.2) is 41.6 Å². The van der Waals surface area contributed by atoms with Gasteiger partial charge in [-0.2, -0.15) is 0 Å². The zero-order valence-corrected chi connectivity index (χ0v) is 11.8. The van der Waals surface area contributed by atoms with E-state index >= 15 is 0 Å². The van der Waals surface area contributed by atoms with E-state index in [-0.39, 0.29) is 13.2 Å². The number of benzene rings is 1. The average molecular weight is 292 g/mol. The molecule has 0 unspecified atom stereocenters. The summed E-state index contributed by atoms with van der Waals surface area (Å²) in [6.45, 7) is 1.33. The minimum atomic E-state index is -0.808. The number of amides is 1. The molecule has 0 saturated heterocycles. The van der Waals surface area contributed by atoms with Crippen LogP contribution in [0.4, 0.5) is 0 Å². The molecule has 0 aliphatic heterocycles. The van der Waals surface area contributed by atoms with Crippen molar-refractivity contribution in [1.82, 2.24) is 4.90 Å². The maximum absolute atomic E-state index is 10.9. The lowest BCUT2D eigenvalue weighted by Gasteiger charge is -2.20. The highest BCUT2D eigenvalue weighted by Crippen LogP contribution is 2.30. The van der Waals surface area contributed by atoms with E-state index in [9.17, 15) is 9.59 Å². The summed E-state index contributed by atoms with van der Waals surface area (Å²) < 4.78 is 5.18. The van der Waals surface area contributed by atoms with Gasteiger partial charge in [-0.3, -0.25) is 14.5 Å². The maximum atomic E-state index is 10.9. The van der Waals surface area contributed by atoms with Gasteiger partial charge in [-0.15, -0.1) is 0 Å². The number of ether oxygens (including phenoxy) is 1. The molecular weight excluding hydrogens is 272 g/mol. The Kier molecular flexibility index (Phi) is 5.16. The number of carbonyl (C=O) groups is 2. The SMILES string of the molecule is NC(=O)COc1ccc(CN(CC(=O)O)CC2CC2)cc1. The quantitative estimate of drug-likeness (QED) is 0.704. The fourth-order valence-electron chi connectivity index (χ4n) is 2.15. The van der Waals surface area contributed by atoms with Gasteiger partial charge < -0.3 is 15.6 Å². The van der Waals surface area contributed by atoms with Crippen LogP contribution in [0.5, 0.6) is 5.75 Å². The van der Waals surface area contributed by atoms with E-state index in [2.05, 4.69) is 0 Å². The van der Waals surface area contributed by atoms with Gasteiger partial charge in [-0.25, -0.2) is 0 Å². The molecule has 1 amide bonds. The van der Waals surface area contributed by atoms with Gasteiger partial charge in [0.05, 0.1) is 6.54 Å². The van der Waals surface area contributed by atoms with E-state index in [0.29, 0.717) is 18.2 Å². The average Bonchev–Trinajstić information content (AvgIpc) is 3.21.